The Morgan fingerprint density at radius 1 is 1.41 bits per heavy atom. The topological polar surface area (TPSA) is 73.3 Å². The lowest BCUT2D eigenvalue weighted by Crippen LogP contribution is -2.51. The second-order valence-electron chi connectivity index (χ2n) is 7.29. The molecule has 1 aromatic carbocycles. The third kappa shape index (κ3) is 3.36. The van der Waals surface area contributed by atoms with Gasteiger partial charge in [-0.2, -0.15) is 0 Å². The summed E-state index contributed by atoms with van der Waals surface area (Å²) in [5.74, 6) is -1.05. The number of nitrogens with zero attached hydrogens (tertiary/aromatic N) is 3. The van der Waals surface area contributed by atoms with Gasteiger partial charge in [0, 0.05) is 37.8 Å². The van der Waals surface area contributed by atoms with Crippen molar-refractivity contribution >= 4 is 11.6 Å². The Morgan fingerprint density at radius 2 is 2.11 bits per heavy atom. The summed E-state index contributed by atoms with van der Waals surface area (Å²) in [5.41, 5.74) is 2.34. The summed E-state index contributed by atoms with van der Waals surface area (Å²) in [6.45, 7) is 2.53. The van der Waals surface area contributed by atoms with Gasteiger partial charge in [-0.3, -0.25) is 9.79 Å². The minimum Gasteiger partial charge on any atom is -0.385 e. The summed E-state index contributed by atoms with van der Waals surface area (Å²) in [6, 6.07) is 4.00. The average Bonchev–Trinajstić information content (AvgIpc) is 3.01. The minimum atomic E-state index is -2.08. The van der Waals surface area contributed by atoms with E-state index in [0.29, 0.717) is 5.56 Å². The first-order chi connectivity index (χ1) is 12.5. The van der Waals surface area contributed by atoms with E-state index in [2.05, 4.69) is 9.98 Å². The van der Waals surface area contributed by atoms with Crippen molar-refractivity contribution < 1.29 is 18.0 Å². The van der Waals surface area contributed by atoms with E-state index in [1.807, 2.05) is 0 Å². The van der Waals surface area contributed by atoms with Gasteiger partial charge < -0.3 is 10.3 Å². The molecule has 0 aliphatic carbocycles. The third-order valence-electron chi connectivity index (χ3n) is 5.07. The smallest absolute Gasteiger partial charge is 0.202 e. The van der Waals surface area contributed by atoms with Crippen molar-refractivity contribution in [3.05, 3.63) is 53.4 Å². The average molecular weight is 378 g/mol. The fourth-order valence-electron chi connectivity index (χ4n) is 3.27. The quantitative estimate of drug-likeness (QED) is 0.831. The fraction of sp³-hybridized carbons (Fsp3) is 0.421. The van der Waals surface area contributed by atoms with Crippen molar-refractivity contribution in [1.29, 1.82) is 0 Å². The van der Waals surface area contributed by atoms with Crippen LogP contribution in [0.2, 0.25) is 0 Å². The van der Waals surface area contributed by atoms with E-state index in [9.17, 15) is 18.0 Å². The van der Waals surface area contributed by atoms with Crippen LogP contribution in [0.25, 0.3) is 0 Å². The molecule has 27 heavy (non-hydrogen) atoms. The van der Waals surface area contributed by atoms with Crippen LogP contribution in [-0.4, -0.2) is 33.0 Å². The molecule has 8 heteroatoms. The number of Topliss-reactive ketones (excluding diaryl/α,β-unsaturated/α-hetero) is 1. The number of hydrogen-bond acceptors (Lipinski definition) is 4. The van der Waals surface area contributed by atoms with Crippen molar-refractivity contribution in [3.63, 3.8) is 0 Å². The van der Waals surface area contributed by atoms with Gasteiger partial charge in [0.05, 0.1) is 0 Å². The molecule has 1 aromatic heterocycles. The van der Waals surface area contributed by atoms with Crippen LogP contribution in [0.3, 0.4) is 0 Å². The molecule has 3 rings (SSSR count). The number of hydrogen-bond donors (Lipinski definition) is 1. The van der Waals surface area contributed by atoms with Gasteiger partial charge in [-0.25, -0.2) is 18.2 Å². The molecule has 0 saturated carbocycles. The number of carbonyl (C=O) groups is 1. The molecule has 0 spiro atoms. The molecule has 0 bridgehead atoms. The molecule has 2 aromatic rings. The maximum absolute atomic E-state index is 14.8. The Labute approximate surface area is 155 Å². The summed E-state index contributed by atoms with van der Waals surface area (Å²) >= 11 is 0. The summed E-state index contributed by atoms with van der Waals surface area (Å²) in [6.07, 6.45) is 0.826. The first-order valence-electron chi connectivity index (χ1n) is 8.53. The molecule has 2 N–H and O–H groups in total. The minimum absolute atomic E-state index is 0.0365. The number of nitrogens with two attached hydrogens (primary N) is 1. The summed E-state index contributed by atoms with van der Waals surface area (Å²) < 4.78 is 45.1. The van der Waals surface area contributed by atoms with E-state index in [0.717, 1.165) is 13.0 Å². The number of alkyl halides is 2. The predicted molar refractivity (Wildman–Crippen MR) is 95.6 cm³/mol. The first kappa shape index (κ1) is 19.1. The van der Waals surface area contributed by atoms with Crippen molar-refractivity contribution in [2.75, 3.05) is 0 Å². The molecular weight excluding hydrogens is 357 g/mol. The Kier molecular flexibility index (Phi) is 4.61. The number of rotatable bonds is 4. The number of aromatic nitrogens is 2. The maximum atomic E-state index is 14.8. The van der Waals surface area contributed by atoms with E-state index in [-0.39, 0.29) is 29.4 Å². The number of carbonyl (C=O) groups excluding carboxylic acids is 1. The Balaban J connectivity index is 1.98. The van der Waals surface area contributed by atoms with Crippen LogP contribution in [0.4, 0.5) is 13.2 Å². The van der Waals surface area contributed by atoms with Gasteiger partial charge in [0.15, 0.2) is 11.5 Å². The number of benzene rings is 1. The molecular formula is C19H21F3N4O. The number of amidine groups is 1. The SMILES string of the molecule is Cn1ccnc1C(=O)Cc1ccc(F)c([C@@]2(C)N=C(N)[C@](C)(F)C[C@@H]2F)c1. The standard InChI is InChI=1S/C19H21F3N4O/c1-18(22)10-15(21)19(2,25-17(18)23)12-8-11(4-5-13(12)20)9-14(27)16-24-6-7-26(16)3/h4-8,15H,9-10H2,1-3H3,(H2,23,25)/t15-,18+,19+/m0/s1. The highest BCUT2D eigenvalue weighted by atomic mass is 19.2. The van der Waals surface area contributed by atoms with Gasteiger partial charge >= 0.3 is 0 Å². The van der Waals surface area contributed by atoms with Gasteiger partial charge in [0.25, 0.3) is 0 Å². The molecule has 1 aliphatic rings. The number of ketones is 1. The lowest BCUT2D eigenvalue weighted by atomic mass is 9.78. The zero-order valence-corrected chi connectivity index (χ0v) is 15.3. The van der Waals surface area contributed by atoms with E-state index < -0.39 is 29.6 Å². The van der Waals surface area contributed by atoms with Crippen LogP contribution in [-0.2, 0) is 19.0 Å². The summed E-state index contributed by atoms with van der Waals surface area (Å²) in [5, 5.41) is 0. The third-order valence-corrected chi connectivity index (χ3v) is 5.07. The van der Waals surface area contributed by atoms with Crippen LogP contribution in [0.5, 0.6) is 0 Å². The molecule has 1 aliphatic heterocycles. The Bertz CT molecular complexity index is 921. The Morgan fingerprint density at radius 3 is 2.74 bits per heavy atom. The molecule has 0 fully saturated rings. The van der Waals surface area contributed by atoms with E-state index in [4.69, 9.17) is 5.73 Å². The molecule has 0 amide bonds. The fourth-order valence-corrected chi connectivity index (χ4v) is 3.27. The van der Waals surface area contributed by atoms with Gasteiger partial charge in [-0.1, -0.05) is 6.07 Å². The molecule has 144 valence electrons. The van der Waals surface area contributed by atoms with E-state index in [1.165, 1.54) is 25.3 Å². The van der Waals surface area contributed by atoms with Crippen LogP contribution in [0, 0.1) is 5.82 Å². The van der Waals surface area contributed by atoms with Gasteiger partial charge in [-0.05, 0) is 31.5 Å². The molecule has 3 atom stereocenters. The number of aryl methyl sites for hydroxylation is 1. The van der Waals surface area contributed by atoms with Crippen LogP contribution in [0.15, 0.2) is 35.6 Å². The second kappa shape index (κ2) is 6.51. The zero-order valence-electron chi connectivity index (χ0n) is 15.3. The van der Waals surface area contributed by atoms with Crippen molar-refractivity contribution in [2.24, 2.45) is 17.8 Å². The summed E-state index contributed by atoms with van der Waals surface area (Å²) in [7, 11) is 1.69. The van der Waals surface area contributed by atoms with Crippen LogP contribution < -0.4 is 5.73 Å². The second-order valence-corrected chi connectivity index (χ2v) is 7.29. The van der Waals surface area contributed by atoms with Crippen LogP contribution in [0.1, 0.15) is 42.0 Å². The molecule has 0 saturated heterocycles. The lowest BCUT2D eigenvalue weighted by Gasteiger charge is -2.39. The van der Waals surface area contributed by atoms with E-state index >= 15 is 0 Å². The molecule has 5 nitrogen and oxygen atoms in total. The van der Waals surface area contributed by atoms with Crippen LogP contribution >= 0.6 is 0 Å². The van der Waals surface area contributed by atoms with Gasteiger partial charge in [0.2, 0.25) is 5.78 Å². The molecule has 2 heterocycles. The van der Waals surface area contributed by atoms with E-state index in [1.54, 1.807) is 17.8 Å². The zero-order chi connectivity index (χ0) is 20.0. The summed E-state index contributed by atoms with van der Waals surface area (Å²) in [4.78, 5) is 20.4. The van der Waals surface area contributed by atoms with Gasteiger partial charge in [0.1, 0.15) is 23.4 Å². The largest absolute Gasteiger partial charge is 0.385 e. The number of aliphatic imine (C=N–C) groups is 1. The molecule has 0 unspecified atom stereocenters. The number of imidazole rings is 1. The monoisotopic (exact) mass is 378 g/mol. The highest BCUT2D eigenvalue weighted by Crippen LogP contribution is 2.42. The maximum Gasteiger partial charge on any atom is 0.202 e. The first-order valence-corrected chi connectivity index (χ1v) is 8.53. The highest BCUT2D eigenvalue weighted by molar-refractivity contribution is 5.94. The predicted octanol–water partition coefficient (Wildman–Crippen LogP) is 3.03. The highest BCUT2D eigenvalue weighted by Gasteiger charge is 2.49. The molecule has 0 radical (unpaired) electrons. The van der Waals surface area contributed by atoms with Gasteiger partial charge in [-0.15, -0.1) is 0 Å². The van der Waals surface area contributed by atoms with Crippen molar-refractivity contribution in [3.8, 4) is 0 Å². The lowest BCUT2D eigenvalue weighted by molar-refractivity contribution is 0.0980. The number of halogens is 3. The Hall–Kier alpha value is -2.64. The van der Waals surface area contributed by atoms with Crippen molar-refractivity contribution in [1.82, 2.24) is 9.55 Å². The van der Waals surface area contributed by atoms with Crippen molar-refractivity contribution in [2.45, 2.75) is 44.1 Å². The normalized spacial score (nSPS) is 28.1.